The minimum absolute atomic E-state index is 0.0441. The molecule has 0 spiro atoms. The third kappa shape index (κ3) is 3.70. The van der Waals surface area contributed by atoms with Crippen molar-refractivity contribution < 1.29 is 13.2 Å². The van der Waals surface area contributed by atoms with Gasteiger partial charge in [0.1, 0.15) is 5.88 Å². The number of hydrogen-bond acceptors (Lipinski definition) is 3. The van der Waals surface area contributed by atoms with Gasteiger partial charge in [-0.2, -0.15) is 0 Å². The van der Waals surface area contributed by atoms with Crippen LogP contribution >= 0.6 is 11.6 Å². The summed E-state index contributed by atoms with van der Waals surface area (Å²) in [5.74, 6) is -0.141. The van der Waals surface area contributed by atoms with Crippen LogP contribution in [0.15, 0.2) is 30.3 Å². The molecule has 0 aromatic heterocycles. The first kappa shape index (κ1) is 14.3. The first-order valence-corrected chi connectivity index (χ1v) is 8.47. The Morgan fingerprint density at radius 2 is 2.00 bits per heavy atom. The molecule has 1 heterocycles. The molecule has 0 bridgehead atoms. The standard InChI is InChI=1S/C13H16ClNO3S/c14-8-13(16)15(9-11-4-2-1-3-5-11)12-6-7-19(17,18)10-12/h1-5,12H,6-10H2/t12-/m0/s1. The van der Waals surface area contributed by atoms with Crippen LogP contribution in [0.2, 0.25) is 0 Å². The summed E-state index contributed by atoms with van der Waals surface area (Å²) in [6, 6.07) is 9.26. The van der Waals surface area contributed by atoms with Crippen LogP contribution in [0.3, 0.4) is 0 Å². The highest BCUT2D eigenvalue weighted by atomic mass is 35.5. The van der Waals surface area contributed by atoms with Crippen LogP contribution in [-0.2, 0) is 21.2 Å². The quantitative estimate of drug-likeness (QED) is 0.791. The van der Waals surface area contributed by atoms with Crippen molar-refractivity contribution in [2.45, 2.75) is 19.0 Å². The van der Waals surface area contributed by atoms with Gasteiger partial charge in [0.15, 0.2) is 9.84 Å². The van der Waals surface area contributed by atoms with Gasteiger partial charge < -0.3 is 4.90 Å². The Bertz CT molecular complexity index is 544. The van der Waals surface area contributed by atoms with Gasteiger partial charge in [-0.25, -0.2) is 8.42 Å². The van der Waals surface area contributed by atoms with Crippen LogP contribution in [-0.4, -0.2) is 42.7 Å². The van der Waals surface area contributed by atoms with Crippen LogP contribution in [0.5, 0.6) is 0 Å². The summed E-state index contributed by atoms with van der Waals surface area (Å²) in [5, 5.41) is 0. The Hall–Kier alpha value is -1.07. The number of benzene rings is 1. The van der Waals surface area contributed by atoms with Crippen molar-refractivity contribution >= 4 is 27.3 Å². The van der Waals surface area contributed by atoms with Crippen LogP contribution in [0.4, 0.5) is 0 Å². The molecule has 0 unspecified atom stereocenters. The van der Waals surface area contributed by atoms with Crippen molar-refractivity contribution in [1.82, 2.24) is 4.90 Å². The Balaban J connectivity index is 2.15. The monoisotopic (exact) mass is 301 g/mol. The van der Waals surface area contributed by atoms with Crippen molar-refractivity contribution in [3.05, 3.63) is 35.9 Å². The summed E-state index contributed by atoms with van der Waals surface area (Å²) in [4.78, 5) is 13.5. The molecule has 1 saturated heterocycles. The fourth-order valence-electron chi connectivity index (χ4n) is 2.30. The molecule has 104 valence electrons. The van der Waals surface area contributed by atoms with E-state index >= 15 is 0 Å². The van der Waals surface area contributed by atoms with Crippen molar-refractivity contribution in [3.8, 4) is 0 Å². The normalized spacial score (nSPS) is 21.2. The molecule has 1 aliphatic rings. The first-order valence-electron chi connectivity index (χ1n) is 6.11. The van der Waals surface area contributed by atoms with Crippen molar-refractivity contribution in [1.29, 1.82) is 0 Å². The molecule has 0 N–H and O–H groups in total. The largest absolute Gasteiger partial charge is 0.333 e. The fourth-order valence-corrected chi connectivity index (χ4v) is 4.18. The van der Waals surface area contributed by atoms with Gasteiger partial charge in [0.25, 0.3) is 0 Å². The average molecular weight is 302 g/mol. The number of alkyl halides is 1. The lowest BCUT2D eigenvalue weighted by molar-refractivity contribution is -0.131. The molecule has 6 heteroatoms. The minimum atomic E-state index is -3.01. The summed E-state index contributed by atoms with van der Waals surface area (Å²) in [6.07, 6.45) is 0.498. The molecule has 0 saturated carbocycles. The number of rotatable bonds is 4. The van der Waals surface area contributed by atoms with Gasteiger partial charge in [0.2, 0.25) is 5.91 Å². The zero-order valence-electron chi connectivity index (χ0n) is 10.5. The maximum Gasteiger partial charge on any atom is 0.238 e. The smallest absolute Gasteiger partial charge is 0.238 e. The molecule has 1 atom stereocenters. The van der Waals surface area contributed by atoms with Crippen molar-refractivity contribution in [2.24, 2.45) is 0 Å². The number of halogens is 1. The average Bonchev–Trinajstić information content (AvgIpc) is 2.76. The van der Waals surface area contributed by atoms with Crippen LogP contribution in [0.25, 0.3) is 0 Å². The number of carbonyl (C=O) groups excluding carboxylic acids is 1. The second-order valence-corrected chi connectivity index (χ2v) is 7.19. The van der Waals surface area contributed by atoms with E-state index < -0.39 is 9.84 Å². The maximum absolute atomic E-state index is 11.9. The van der Waals surface area contributed by atoms with Gasteiger partial charge in [-0.3, -0.25) is 4.79 Å². The molecule has 1 aliphatic heterocycles. The molecule has 2 rings (SSSR count). The van der Waals surface area contributed by atoms with Gasteiger partial charge in [0, 0.05) is 12.6 Å². The second-order valence-electron chi connectivity index (χ2n) is 4.70. The van der Waals surface area contributed by atoms with E-state index in [0.717, 1.165) is 5.56 Å². The van der Waals surface area contributed by atoms with Crippen molar-refractivity contribution in [3.63, 3.8) is 0 Å². The predicted octanol–water partition coefficient (Wildman–Crippen LogP) is 1.44. The molecule has 1 aromatic rings. The summed E-state index contributed by atoms with van der Waals surface area (Å²) in [6.45, 7) is 0.409. The number of carbonyl (C=O) groups is 1. The summed E-state index contributed by atoms with van der Waals surface area (Å²) < 4.78 is 23.1. The third-order valence-electron chi connectivity index (χ3n) is 3.28. The molecule has 1 aromatic carbocycles. The lowest BCUT2D eigenvalue weighted by atomic mass is 10.1. The van der Waals surface area contributed by atoms with Crippen molar-refractivity contribution in [2.75, 3.05) is 17.4 Å². The Morgan fingerprint density at radius 1 is 1.32 bits per heavy atom. The molecule has 0 aliphatic carbocycles. The summed E-state index contributed by atoms with van der Waals surface area (Å²) in [5.41, 5.74) is 0.977. The highest BCUT2D eigenvalue weighted by Crippen LogP contribution is 2.20. The van der Waals surface area contributed by atoms with Gasteiger partial charge in [-0.05, 0) is 12.0 Å². The zero-order valence-corrected chi connectivity index (χ0v) is 12.0. The number of hydrogen-bond donors (Lipinski definition) is 0. The highest BCUT2D eigenvalue weighted by molar-refractivity contribution is 7.91. The predicted molar refractivity (Wildman–Crippen MR) is 74.8 cm³/mol. The number of sulfone groups is 1. The van der Waals surface area contributed by atoms with E-state index in [-0.39, 0.29) is 29.3 Å². The van der Waals surface area contributed by atoms with E-state index in [0.29, 0.717) is 13.0 Å². The maximum atomic E-state index is 11.9. The fraction of sp³-hybridized carbons (Fsp3) is 0.462. The Kier molecular flexibility index (Phi) is 4.47. The van der Waals surface area contributed by atoms with Gasteiger partial charge >= 0.3 is 0 Å². The topological polar surface area (TPSA) is 54.5 Å². The number of amides is 1. The Morgan fingerprint density at radius 3 is 2.53 bits per heavy atom. The van der Waals surface area contributed by atoms with Gasteiger partial charge in [-0.1, -0.05) is 30.3 Å². The van der Waals surface area contributed by atoms with E-state index in [4.69, 9.17) is 11.6 Å². The van der Waals surface area contributed by atoms with E-state index in [1.165, 1.54) is 0 Å². The molecule has 19 heavy (non-hydrogen) atoms. The third-order valence-corrected chi connectivity index (χ3v) is 5.26. The van der Waals surface area contributed by atoms with E-state index in [9.17, 15) is 13.2 Å². The minimum Gasteiger partial charge on any atom is -0.333 e. The summed E-state index contributed by atoms with van der Waals surface area (Å²) in [7, 11) is -3.01. The zero-order chi connectivity index (χ0) is 13.9. The molecular formula is C13H16ClNO3S. The van der Waals surface area contributed by atoms with Gasteiger partial charge in [-0.15, -0.1) is 11.6 Å². The van der Waals surface area contributed by atoms with Crippen LogP contribution in [0, 0.1) is 0 Å². The number of nitrogens with zero attached hydrogens (tertiary/aromatic N) is 1. The SMILES string of the molecule is O=C(CCl)N(Cc1ccccc1)[C@H]1CCS(=O)(=O)C1. The van der Waals surface area contributed by atoms with E-state index in [1.54, 1.807) is 4.90 Å². The first-order chi connectivity index (χ1) is 9.02. The van der Waals surface area contributed by atoms with E-state index in [1.807, 2.05) is 30.3 Å². The van der Waals surface area contributed by atoms with Crippen LogP contribution in [0.1, 0.15) is 12.0 Å². The van der Waals surface area contributed by atoms with Gasteiger partial charge in [0.05, 0.1) is 11.5 Å². The molecule has 1 fully saturated rings. The second kappa shape index (κ2) is 5.92. The molecule has 1 amide bonds. The highest BCUT2D eigenvalue weighted by Gasteiger charge is 2.34. The lowest BCUT2D eigenvalue weighted by Gasteiger charge is -2.27. The molecule has 4 nitrogen and oxygen atoms in total. The van der Waals surface area contributed by atoms with E-state index in [2.05, 4.69) is 0 Å². The summed E-state index contributed by atoms with van der Waals surface area (Å²) >= 11 is 5.62. The lowest BCUT2D eigenvalue weighted by Crippen LogP contribution is -2.41. The van der Waals surface area contributed by atoms with Crippen LogP contribution < -0.4 is 0 Å². The molecular weight excluding hydrogens is 286 g/mol. The Labute approximate surface area is 118 Å². The molecule has 0 radical (unpaired) electrons.